The third kappa shape index (κ3) is 3.67. The van der Waals surface area contributed by atoms with Crippen molar-refractivity contribution >= 4 is 42.1 Å². The molecule has 0 spiro atoms. The molecule has 0 bridgehead atoms. The molecule has 2 rings (SSSR count). The first-order chi connectivity index (χ1) is 6.77. The van der Waals surface area contributed by atoms with Gasteiger partial charge in [-0.1, -0.05) is 11.6 Å². The Bertz CT molecular complexity index is 330. The molecule has 1 aromatic carbocycles. The van der Waals surface area contributed by atoms with Gasteiger partial charge in [0.15, 0.2) is 0 Å². The molecule has 0 amide bonds. The molecule has 0 radical (unpaired) electrons. The molecule has 1 fully saturated rings. The van der Waals surface area contributed by atoms with E-state index < -0.39 is 0 Å². The van der Waals surface area contributed by atoms with E-state index in [0.717, 1.165) is 31.9 Å². The zero-order valence-electron chi connectivity index (χ0n) is 8.58. The summed E-state index contributed by atoms with van der Waals surface area (Å²) in [6.45, 7) is 3.75. The number of benzene rings is 1. The minimum Gasteiger partial charge on any atom is -0.368 e. The van der Waals surface area contributed by atoms with Gasteiger partial charge in [-0.05, 0) is 18.2 Å². The molecule has 0 unspecified atom stereocenters. The molecule has 1 aliphatic heterocycles. The number of rotatable bonds is 1. The SMILES string of the molecule is Cl.Cl.Fc1ccc(N2CCNCC2)c(Cl)c1. The molecule has 1 aliphatic rings. The minimum atomic E-state index is -0.283. The van der Waals surface area contributed by atoms with Gasteiger partial charge in [-0.2, -0.15) is 0 Å². The van der Waals surface area contributed by atoms with E-state index in [0.29, 0.717) is 5.02 Å². The summed E-state index contributed by atoms with van der Waals surface area (Å²) in [6.07, 6.45) is 0. The summed E-state index contributed by atoms with van der Waals surface area (Å²) in [7, 11) is 0. The lowest BCUT2D eigenvalue weighted by atomic mass is 10.2. The number of halogens is 4. The monoisotopic (exact) mass is 286 g/mol. The van der Waals surface area contributed by atoms with Gasteiger partial charge in [-0.15, -0.1) is 24.8 Å². The summed E-state index contributed by atoms with van der Waals surface area (Å²) in [4.78, 5) is 2.16. The fourth-order valence-corrected chi connectivity index (χ4v) is 1.93. The lowest BCUT2D eigenvalue weighted by Gasteiger charge is -2.30. The predicted octanol–water partition coefficient (Wildman–Crippen LogP) is 2.73. The van der Waals surface area contributed by atoms with Gasteiger partial charge in [0.25, 0.3) is 0 Å². The van der Waals surface area contributed by atoms with Gasteiger partial charge in [-0.25, -0.2) is 4.39 Å². The van der Waals surface area contributed by atoms with Crippen molar-refractivity contribution < 1.29 is 4.39 Å². The van der Waals surface area contributed by atoms with Crippen LogP contribution in [0, 0.1) is 5.82 Å². The number of nitrogens with zero attached hydrogens (tertiary/aromatic N) is 1. The van der Waals surface area contributed by atoms with E-state index in [4.69, 9.17) is 11.6 Å². The maximum absolute atomic E-state index is 12.8. The third-order valence-corrected chi connectivity index (χ3v) is 2.67. The summed E-state index contributed by atoms with van der Waals surface area (Å²) in [5, 5.41) is 3.75. The van der Waals surface area contributed by atoms with Crippen molar-refractivity contribution in [1.82, 2.24) is 5.32 Å². The van der Waals surface area contributed by atoms with Crippen molar-refractivity contribution in [3.8, 4) is 0 Å². The summed E-state index contributed by atoms with van der Waals surface area (Å²) in [5.74, 6) is -0.283. The van der Waals surface area contributed by atoms with Crippen LogP contribution in [-0.4, -0.2) is 26.2 Å². The number of hydrogen-bond acceptors (Lipinski definition) is 2. The first kappa shape index (κ1) is 15.8. The van der Waals surface area contributed by atoms with Crippen LogP contribution < -0.4 is 10.2 Å². The van der Waals surface area contributed by atoms with Crippen LogP contribution in [0.2, 0.25) is 5.02 Å². The zero-order chi connectivity index (χ0) is 9.97. The highest BCUT2D eigenvalue weighted by molar-refractivity contribution is 6.33. The molecule has 1 heterocycles. The molecular weight excluding hydrogens is 273 g/mol. The Morgan fingerprint density at radius 3 is 2.38 bits per heavy atom. The summed E-state index contributed by atoms with van der Waals surface area (Å²) < 4.78 is 12.8. The van der Waals surface area contributed by atoms with E-state index >= 15 is 0 Å². The molecule has 6 heteroatoms. The Morgan fingerprint density at radius 2 is 1.81 bits per heavy atom. The van der Waals surface area contributed by atoms with Crippen LogP contribution in [-0.2, 0) is 0 Å². The fraction of sp³-hybridized carbons (Fsp3) is 0.400. The zero-order valence-corrected chi connectivity index (χ0v) is 11.0. The fourth-order valence-electron chi connectivity index (χ4n) is 1.64. The number of piperazine rings is 1. The molecule has 1 aromatic rings. The molecule has 0 atom stereocenters. The van der Waals surface area contributed by atoms with Crippen molar-refractivity contribution in [3.63, 3.8) is 0 Å². The first-order valence-corrected chi connectivity index (χ1v) is 5.06. The van der Waals surface area contributed by atoms with Crippen molar-refractivity contribution in [2.75, 3.05) is 31.1 Å². The van der Waals surface area contributed by atoms with Crippen LogP contribution in [0.3, 0.4) is 0 Å². The van der Waals surface area contributed by atoms with Crippen molar-refractivity contribution in [2.24, 2.45) is 0 Å². The van der Waals surface area contributed by atoms with Gasteiger partial charge < -0.3 is 10.2 Å². The van der Waals surface area contributed by atoms with E-state index in [1.807, 2.05) is 0 Å². The highest BCUT2D eigenvalue weighted by Gasteiger charge is 2.13. The second kappa shape index (κ2) is 7.17. The molecule has 1 N–H and O–H groups in total. The Hall–Kier alpha value is -0.220. The second-order valence-electron chi connectivity index (χ2n) is 3.33. The van der Waals surface area contributed by atoms with Crippen LogP contribution in [0.15, 0.2) is 18.2 Å². The van der Waals surface area contributed by atoms with E-state index in [9.17, 15) is 4.39 Å². The minimum absolute atomic E-state index is 0. The number of hydrogen-bond donors (Lipinski definition) is 1. The number of nitrogens with one attached hydrogen (secondary N) is 1. The van der Waals surface area contributed by atoms with Crippen LogP contribution in [0.25, 0.3) is 0 Å². The van der Waals surface area contributed by atoms with Gasteiger partial charge in [0.05, 0.1) is 10.7 Å². The van der Waals surface area contributed by atoms with Gasteiger partial charge in [0, 0.05) is 26.2 Å². The van der Waals surface area contributed by atoms with E-state index in [-0.39, 0.29) is 30.6 Å². The van der Waals surface area contributed by atoms with Crippen LogP contribution >= 0.6 is 36.4 Å². The van der Waals surface area contributed by atoms with Crippen LogP contribution in [0.4, 0.5) is 10.1 Å². The van der Waals surface area contributed by atoms with E-state index in [1.54, 1.807) is 6.07 Å². The quantitative estimate of drug-likeness (QED) is 0.854. The van der Waals surface area contributed by atoms with Crippen molar-refractivity contribution in [3.05, 3.63) is 29.0 Å². The smallest absolute Gasteiger partial charge is 0.124 e. The molecule has 0 aromatic heterocycles. The second-order valence-corrected chi connectivity index (χ2v) is 3.74. The lowest BCUT2D eigenvalue weighted by molar-refractivity contribution is 0.587. The normalized spacial score (nSPS) is 15.0. The molecular formula is C10H14Cl3FN2. The third-order valence-electron chi connectivity index (χ3n) is 2.37. The average Bonchev–Trinajstić information content (AvgIpc) is 2.19. The Morgan fingerprint density at radius 1 is 1.19 bits per heavy atom. The first-order valence-electron chi connectivity index (χ1n) is 4.68. The van der Waals surface area contributed by atoms with Crippen LogP contribution in [0.5, 0.6) is 0 Å². The Balaban J connectivity index is 0.00000112. The molecule has 92 valence electrons. The molecule has 2 nitrogen and oxygen atoms in total. The van der Waals surface area contributed by atoms with Crippen molar-refractivity contribution in [1.29, 1.82) is 0 Å². The summed E-state index contributed by atoms with van der Waals surface area (Å²) >= 11 is 5.96. The van der Waals surface area contributed by atoms with Gasteiger partial charge in [0.2, 0.25) is 0 Å². The topological polar surface area (TPSA) is 15.3 Å². The van der Waals surface area contributed by atoms with Gasteiger partial charge in [0.1, 0.15) is 5.82 Å². The highest BCUT2D eigenvalue weighted by Crippen LogP contribution is 2.26. The maximum Gasteiger partial charge on any atom is 0.124 e. The lowest BCUT2D eigenvalue weighted by Crippen LogP contribution is -2.43. The number of anilines is 1. The molecule has 0 saturated carbocycles. The van der Waals surface area contributed by atoms with Crippen LogP contribution in [0.1, 0.15) is 0 Å². The highest BCUT2D eigenvalue weighted by atomic mass is 35.5. The Kier molecular flexibility index (Phi) is 7.07. The maximum atomic E-state index is 12.8. The molecule has 1 saturated heterocycles. The summed E-state index contributed by atoms with van der Waals surface area (Å²) in [5.41, 5.74) is 0.926. The largest absolute Gasteiger partial charge is 0.368 e. The standard InChI is InChI=1S/C10H12ClFN2.2ClH/c11-9-7-8(12)1-2-10(9)14-5-3-13-4-6-14;;/h1-2,7,13H,3-6H2;2*1H. The Labute approximate surface area is 112 Å². The van der Waals surface area contributed by atoms with E-state index in [2.05, 4.69) is 10.2 Å². The average molecular weight is 288 g/mol. The van der Waals surface area contributed by atoms with Gasteiger partial charge in [-0.3, -0.25) is 0 Å². The summed E-state index contributed by atoms with van der Waals surface area (Å²) in [6, 6.07) is 4.55. The predicted molar refractivity (Wildman–Crippen MR) is 71.0 cm³/mol. The van der Waals surface area contributed by atoms with E-state index in [1.165, 1.54) is 12.1 Å². The van der Waals surface area contributed by atoms with Gasteiger partial charge >= 0.3 is 0 Å². The molecule has 0 aliphatic carbocycles. The molecule has 16 heavy (non-hydrogen) atoms. The van der Waals surface area contributed by atoms with Crippen molar-refractivity contribution in [2.45, 2.75) is 0 Å².